The summed E-state index contributed by atoms with van der Waals surface area (Å²) in [6.07, 6.45) is 0. The lowest BCUT2D eigenvalue weighted by Gasteiger charge is -2.14. The highest BCUT2D eigenvalue weighted by atomic mass is 35.5. The summed E-state index contributed by atoms with van der Waals surface area (Å²) in [6.45, 7) is 7.87. The van der Waals surface area contributed by atoms with Crippen LogP contribution in [0.15, 0.2) is 12.1 Å². The maximum absolute atomic E-state index is 11.7. The molecule has 1 rings (SSSR count). The van der Waals surface area contributed by atoms with Crippen molar-refractivity contribution < 1.29 is 4.79 Å². The molecule has 0 radical (unpaired) electrons. The molecule has 0 heterocycles. The summed E-state index contributed by atoms with van der Waals surface area (Å²) in [5, 5.41) is 2.93. The molecule has 2 nitrogen and oxygen atoms in total. The molecule has 0 aliphatic heterocycles. The van der Waals surface area contributed by atoms with Crippen molar-refractivity contribution in [1.29, 1.82) is 0 Å². The Kier molecular flexibility index (Phi) is 4.36. The Bertz CT molecular complexity index is 378. The maximum Gasteiger partial charge on any atom is 0.228 e. The average Bonchev–Trinajstić information content (AvgIpc) is 2.21. The van der Waals surface area contributed by atoms with E-state index in [0.717, 1.165) is 16.8 Å². The molecule has 1 atom stereocenters. The molecule has 1 amide bonds. The standard InChI is InChI=1S/C13H18ClNO/c1-8-5-9(2)12(10(3)6-8)15-13(16)11(4)7-14/h5-6,11H,7H2,1-4H3,(H,15,16). The van der Waals surface area contributed by atoms with Gasteiger partial charge < -0.3 is 5.32 Å². The van der Waals surface area contributed by atoms with Crippen LogP contribution in [0.3, 0.4) is 0 Å². The Morgan fingerprint density at radius 1 is 1.31 bits per heavy atom. The molecule has 3 heteroatoms. The van der Waals surface area contributed by atoms with Crippen molar-refractivity contribution in [3.63, 3.8) is 0 Å². The Labute approximate surface area is 102 Å². The van der Waals surface area contributed by atoms with Crippen LogP contribution >= 0.6 is 11.6 Å². The number of hydrogen-bond donors (Lipinski definition) is 1. The van der Waals surface area contributed by atoms with E-state index in [1.165, 1.54) is 5.56 Å². The third-order valence-corrected chi connectivity index (χ3v) is 3.07. The second-order valence-corrected chi connectivity index (χ2v) is 4.63. The fourth-order valence-electron chi connectivity index (χ4n) is 1.69. The van der Waals surface area contributed by atoms with E-state index in [2.05, 4.69) is 17.4 Å². The minimum absolute atomic E-state index is 0.0231. The first-order chi connectivity index (χ1) is 7.45. The molecular weight excluding hydrogens is 222 g/mol. The van der Waals surface area contributed by atoms with Crippen molar-refractivity contribution in [3.05, 3.63) is 28.8 Å². The van der Waals surface area contributed by atoms with Crippen molar-refractivity contribution in [2.75, 3.05) is 11.2 Å². The predicted molar refractivity (Wildman–Crippen MR) is 69.2 cm³/mol. The molecule has 0 saturated heterocycles. The quantitative estimate of drug-likeness (QED) is 0.805. The van der Waals surface area contributed by atoms with Crippen LogP contribution in [0.4, 0.5) is 5.69 Å². The van der Waals surface area contributed by atoms with Gasteiger partial charge in [0.15, 0.2) is 0 Å². The summed E-state index contributed by atoms with van der Waals surface area (Å²) in [5.74, 6) is 0.155. The first-order valence-corrected chi connectivity index (χ1v) is 5.93. The van der Waals surface area contributed by atoms with Crippen LogP contribution in [0.1, 0.15) is 23.6 Å². The van der Waals surface area contributed by atoms with Crippen LogP contribution < -0.4 is 5.32 Å². The third-order valence-electron chi connectivity index (χ3n) is 2.60. The molecular formula is C13H18ClNO. The normalized spacial score (nSPS) is 12.3. The van der Waals surface area contributed by atoms with Gasteiger partial charge in [-0.3, -0.25) is 4.79 Å². The SMILES string of the molecule is Cc1cc(C)c(NC(=O)C(C)CCl)c(C)c1. The van der Waals surface area contributed by atoms with Crippen molar-refractivity contribution >= 4 is 23.2 Å². The Morgan fingerprint density at radius 2 is 1.81 bits per heavy atom. The van der Waals surface area contributed by atoms with Gasteiger partial charge in [0, 0.05) is 17.5 Å². The van der Waals surface area contributed by atoms with E-state index in [-0.39, 0.29) is 11.8 Å². The van der Waals surface area contributed by atoms with E-state index in [4.69, 9.17) is 11.6 Å². The van der Waals surface area contributed by atoms with Gasteiger partial charge in [-0.15, -0.1) is 11.6 Å². The third kappa shape index (κ3) is 2.99. The first kappa shape index (κ1) is 13.0. The summed E-state index contributed by atoms with van der Waals surface area (Å²) in [4.78, 5) is 11.7. The van der Waals surface area contributed by atoms with Gasteiger partial charge in [0.1, 0.15) is 0 Å². The molecule has 1 N–H and O–H groups in total. The lowest BCUT2D eigenvalue weighted by molar-refractivity contribution is -0.118. The number of benzene rings is 1. The molecule has 1 unspecified atom stereocenters. The average molecular weight is 240 g/mol. The van der Waals surface area contributed by atoms with Gasteiger partial charge in [-0.1, -0.05) is 24.6 Å². The molecule has 0 aliphatic rings. The van der Waals surface area contributed by atoms with E-state index in [1.807, 2.05) is 27.7 Å². The number of carbonyl (C=O) groups is 1. The molecule has 88 valence electrons. The van der Waals surface area contributed by atoms with Crippen molar-refractivity contribution in [1.82, 2.24) is 0 Å². The predicted octanol–water partition coefficient (Wildman–Crippen LogP) is 3.43. The summed E-state index contributed by atoms with van der Waals surface area (Å²) >= 11 is 5.66. The summed E-state index contributed by atoms with van der Waals surface area (Å²) in [7, 11) is 0. The largest absolute Gasteiger partial charge is 0.325 e. The lowest BCUT2D eigenvalue weighted by Crippen LogP contribution is -2.22. The number of alkyl halides is 1. The van der Waals surface area contributed by atoms with Crippen molar-refractivity contribution in [2.24, 2.45) is 5.92 Å². The molecule has 0 saturated carbocycles. The van der Waals surface area contributed by atoms with Gasteiger partial charge in [-0.05, 0) is 31.9 Å². The fourth-order valence-corrected chi connectivity index (χ4v) is 1.83. The second kappa shape index (κ2) is 5.35. The van der Waals surface area contributed by atoms with Gasteiger partial charge in [0.25, 0.3) is 0 Å². The number of hydrogen-bond acceptors (Lipinski definition) is 1. The van der Waals surface area contributed by atoms with E-state index < -0.39 is 0 Å². The molecule has 1 aromatic carbocycles. The van der Waals surface area contributed by atoms with E-state index in [0.29, 0.717) is 5.88 Å². The highest BCUT2D eigenvalue weighted by Gasteiger charge is 2.13. The van der Waals surface area contributed by atoms with Crippen molar-refractivity contribution in [2.45, 2.75) is 27.7 Å². The molecule has 0 bridgehead atoms. The second-order valence-electron chi connectivity index (χ2n) is 4.32. The molecule has 0 aliphatic carbocycles. The number of halogens is 1. The van der Waals surface area contributed by atoms with Gasteiger partial charge >= 0.3 is 0 Å². The maximum atomic E-state index is 11.7. The highest BCUT2D eigenvalue weighted by molar-refractivity contribution is 6.19. The number of amides is 1. The minimum atomic E-state index is -0.165. The zero-order valence-electron chi connectivity index (χ0n) is 10.2. The molecule has 0 spiro atoms. The van der Waals surface area contributed by atoms with E-state index in [9.17, 15) is 4.79 Å². The van der Waals surface area contributed by atoms with Crippen LogP contribution in [0.5, 0.6) is 0 Å². The van der Waals surface area contributed by atoms with Gasteiger partial charge in [0.2, 0.25) is 5.91 Å². The first-order valence-electron chi connectivity index (χ1n) is 5.40. The van der Waals surface area contributed by atoms with Crippen LogP contribution in [0, 0.1) is 26.7 Å². The zero-order chi connectivity index (χ0) is 12.3. The van der Waals surface area contributed by atoms with E-state index in [1.54, 1.807) is 0 Å². The van der Waals surface area contributed by atoms with E-state index >= 15 is 0 Å². The fraction of sp³-hybridized carbons (Fsp3) is 0.462. The van der Waals surface area contributed by atoms with Gasteiger partial charge in [-0.25, -0.2) is 0 Å². The Balaban J connectivity index is 2.93. The summed E-state index contributed by atoms with van der Waals surface area (Å²) in [5.41, 5.74) is 4.30. The Hall–Kier alpha value is -1.02. The number of aryl methyl sites for hydroxylation is 3. The number of anilines is 1. The smallest absolute Gasteiger partial charge is 0.228 e. The molecule has 1 aromatic rings. The molecule has 0 aromatic heterocycles. The number of carbonyl (C=O) groups excluding carboxylic acids is 1. The van der Waals surface area contributed by atoms with Crippen LogP contribution in [-0.2, 0) is 4.79 Å². The van der Waals surface area contributed by atoms with Gasteiger partial charge in [-0.2, -0.15) is 0 Å². The van der Waals surface area contributed by atoms with Crippen LogP contribution in [0.25, 0.3) is 0 Å². The zero-order valence-corrected chi connectivity index (χ0v) is 11.0. The highest BCUT2D eigenvalue weighted by Crippen LogP contribution is 2.22. The minimum Gasteiger partial charge on any atom is -0.325 e. The summed E-state index contributed by atoms with van der Waals surface area (Å²) < 4.78 is 0. The molecule has 16 heavy (non-hydrogen) atoms. The lowest BCUT2D eigenvalue weighted by atomic mass is 10.0. The topological polar surface area (TPSA) is 29.1 Å². The van der Waals surface area contributed by atoms with Crippen LogP contribution in [-0.4, -0.2) is 11.8 Å². The number of rotatable bonds is 3. The van der Waals surface area contributed by atoms with Crippen molar-refractivity contribution in [3.8, 4) is 0 Å². The summed E-state index contributed by atoms with van der Waals surface area (Å²) in [6, 6.07) is 4.13. The number of nitrogens with one attached hydrogen (secondary N) is 1. The Morgan fingerprint density at radius 3 is 2.25 bits per heavy atom. The van der Waals surface area contributed by atoms with Gasteiger partial charge in [0.05, 0.1) is 0 Å². The molecule has 0 fully saturated rings. The monoisotopic (exact) mass is 239 g/mol. The van der Waals surface area contributed by atoms with Crippen LogP contribution in [0.2, 0.25) is 0 Å².